The number of nitro benzene ring substituents is 1. The van der Waals surface area contributed by atoms with Gasteiger partial charge in [-0.25, -0.2) is 0 Å². The number of nitrogens with zero attached hydrogens (tertiary/aromatic N) is 2. The van der Waals surface area contributed by atoms with Crippen LogP contribution in [0.3, 0.4) is 0 Å². The quantitative estimate of drug-likeness (QED) is 0.476. The maximum absolute atomic E-state index is 12.3. The standard InChI is InChI=1S/C13H15ClN2O3/c1-9-4-5-10(7-12(9)16(18)19)13(17)15-6-2-3-11(14)8-15/h4-5,7,11H,2-3,6,8H2,1H3. The summed E-state index contributed by atoms with van der Waals surface area (Å²) in [6.07, 6.45) is 1.77. The van der Waals surface area contributed by atoms with E-state index >= 15 is 0 Å². The van der Waals surface area contributed by atoms with Crippen molar-refractivity contribution >= 4 is 23.2 Å². The number of aryl methyl sites for hydroxylation is 1. The first-order valence-corrected chi connectivity index (χ1v) is 6.61. The summed E-state index contributed by atoms with van der Waals surface area (Å²) < 4.78 is 0. The highest BCUT2D eigenvalue weighted by atomic mass is 35.5. The van der Waals surface area contributed by atoms with E-state index in [-0.39, 0.29) is 17.0 Å². The predicted molar refractivity (Wildman–Crippen MR) is 72.6 cm³/mol. The van der Waals surface area contributed by atoms with Crippen molar-refractivity contribution in [3.8, 4) is 0 Å². The van der Waals surface area contributed by atoms with Crippen LogP contribution in [0, 0.1) is 17.0 Å². The van der Waals surface area contributed by atoms with Gasteiger partial charge >= 0.3 is 0 Å². The van der Waals surface area contributed by atoms with E-state index in [0.717, 1.165) is 12.8 Å². The Kier molecular flexibility index (Phi) is 4.04. The molecule has 19 heavy (non-hydrogen) atoms. The molecule has 1 aliphatic heterocycles. The predicted octanol–water partition coefficient (Wildman–Crippen LogP) is 2.75. The number of hydrogen-bond donors (Lipinski definition) is 0. The van der Waals surface area contributed by atoms with Crippen molar-refractivity contribution < 1.29 is 9.72 Å². The first kappa shape index (κ1) is 13.8. The molecule has 1 saturated heterocycles. The number of amides is 1. The third-order valence-corrected chi connectivity index (χ3v) is 3.66. The van der Waals surface area contributed by atoms with E-state index in [2.05, 4.69) is 0 Å². The number of carbonyl (C=O) groups excluding carboxylic acids is 1. The number of nitro groups is 1. The maximum atomic E-state index is 12.3. The van der Waals surface area contributed by atoms with Crippen LogP contribution in [0.15, 0.2) is 18.2 Å². The summed E-state index contributed by atoms with van der Waals surface area (Å²) in [5.74, 6) is -0.187. The molecule has 1 atom stereocenters. The monoisotopic (exact) mass is 282 g/mol. The maximum Gasteiger partial charge on any atom is 0.273 e. The normalized spacial score (nSPS) is 19.3. The summed E-state index contributed by atoms with van der Waals surface area (Å²) in [5.41, 5.74) is 0.878. The van der Waals surface area contributed by atoms with Crippen LogP contribution in [0.25, 0.3) is 0 Å². The second kappa shape index (κ2) is 5.57. The van der Waals surface area contributed by atoms with Crippen molar-refractivity contribution in [3.63, 3.8) is 0 Å². The molecule has 0 spiro atoms. The fraction of sp³-hybridized carbons (Fsp3) is 0.462. The van der Waals surface area contributed by atoms with Crippen LogP contribution in [-0.2, 0) is 0 Å². The van der Waals surface area contributed by atoms with Gasteiger partial charge in [0, 0.05) is 30.3 Å². The Morgan fingerprint density at radius 3 is 2.89 bits per heavy atom. The van der Waals surface area contributed by atoms with Gasteiger partial charge in [0.15, 0.2) is 0 Å². The second-order valence-corrected chi connectivity index (χ2v) is 5.37. The minimum absolute atomic E-state index is 0.0229. The first-order valence-electron chi connectivity index (χ1n) is 6.17. The SMILES string of the molecule is Cc1ccc(C(=O)N2CCCC(Cl)C2)cc1[N+](=O)[O-]. The fourth-order valence-corrected chi connectivity index (χ4v) is 2.55. The van der Waals surface area contributed by atoms with Crippen molar-refractivity contribution in [2.24, 2.45) is 0 Å². The van der Waals surface area contributed by atoms with E-state index in [1.165, 1.54) is 6.07 Å². The van der Waals surface area contributed by atoms with Crippen LogP contribution in [0.2, 0.25) is 0 Å². The number of piperidine rings is 1. The summed E-state index contributed by atoms with van der Waals surface area (Å²) in [7, 11) is 0. The number of halogens is 1. The summed E-state index contributed by atoms with van der Waals surface area (Å²) in [5, 5.41) is 10.9. The average molecular weight is 283 g/mol. The van der Waals surface area contributed by atoms with E-state index in [4.69, 9.17) is 11.6 Å². The lowest BCUT2D eigenvalue weighted by Crippen LogP contribution is -2.40. The average Bonchev–Trinajstić information content (AvgIpc) is 2.38. The van der Waals surface area contributed by atoms with Crippen LogP contribution in [0.4, 0.5) is 5.69 Å². The van der Waals surface area contributed by atoms with Crippen LogP contribution >= 0.6 is 11.6 Å². The molecule has 102 valence electrons. The second-order valence-electron chi connectivity index (χ2n) is 4.75. The fourth-order valence-electron chi connectivity index (χ4n) is 2.23. The largest absolute Gasteiger partial charge is 0.337 e. The Labute approximate surface area is 116 Å². The van der Waals surface area contributed by atoms with Gasteiger partial charge in [-0.3, -0.25) is 14.9 Å². The lowest BCUT2D eigenvalue weighted by atomic mass is 10.1. The van der Waals surface area contributed by atoms with Gasteiger partial charge in [-0.05, 0) is 25.8 Å². The molecule has 2 rings (SSSR count). The number of hydrogen-bond acceptors (Lipinski definition) is 3. The summed E-state index contributed by atoms with van der Waals surface area (Å²) in [6, 6.07) is 4.57. The molecule has 0 saturated carbocycles. The number of benzene rings is 1. The van der Waals surface area contributed by atoms with Gasteiger partial charge in [0.1, 0.15) is 0 Å². The molecule has 5 nitrogen and oxygen atoms in total. The number of carbonyl (C=O) groups is 1. The Balaban J connectivity index is 2.24. The summed E-state index contributed by atoms with van der Waals surface area (Å²) in [6.45, 7) is 2.81. The molecule has 1 unspecified atom stereocenters. The zero-order valence-corrected chi connectivity index (χ0v) is 11.4. The summed E-state index contributed by atoms with van der Waals surface area (Å²) >= 11 is 6.05. The lowest BCUT2D eigenvalue weighted by molar-refractivity contribution is -0.385. The third-order valence-electron chi connectivity index (χ3n) is 3.30. The molecule has 0 bridgehead atoms. The first-order chi connectivity index (χ1) is 8.99. The van der Waals surface area contributed by atoms with Crippen molar-refractivity contribution in [2.75, 3.05) is 13.1 Å². The highest BCUT2D eigenvalue weighted by molar-refractivity contribution is 6.21. The molecule has 0 radical (unpaired) electrons. The van der Waals surface area contributed by atoms with Crippen LogP contribution < -0.4 is 0 Å². The highest BCUT2D eigenvalue weighted by Gasteiger charge is 2.24. The lowest BCUT2D eigenvalue weighted by Gasteiger charge is -2.29. The number of rotatable bonds is 2. The highest BCUT2D eigenvalue weighted by Crippen LogP contribution is 2.22. The van der Waals surface area contributed by atoms with Crippen LogP contribution in [-0.4, -0.2) is 34.2 Å². The van der Waals surface area contributed by atoms with E-state index in [0.29, 0.717) is 24.2 Å². The molecular weight excluding hydrogens is 268 g/mol. The van der Waals surface area contributed by atoms with Gasteiger partial charge in [-0.15, -0.1) is 11.6 Å². The summed E-state index contributed by atoms with van der Waals surface area (Å²) in [4.78, 5) is 24.4. The Hall–Kier alpha value is -1.62. The van der Waals surface area contributed by atoms with Crippen molar-refractivity contribution in [3.05, 3.63) is 39.4 Å². The van der Waals surface area contributed by atoms with Gasteiger partial charge in [-0.1, -0.05) is 6.07 Å². The van der Waals surface area contributed by atoms with E-state index < -0.39 is 4.92 Å². The Bertz CT molecular complexity index is 519. The number of likely N-dealkylation sites (tertiary alicyclic amines) is 1. The molecule has 1 aromatic rings. The third kappa shape index (κ3) is 3.04. The van der Waals surface area contributed by atoms with Gasteiger partial charge in [0.05, 0.1) is 10.3 Å². The molecule has 1 heterocycles. The van der Waals surface area contributed by atoms with Gasteiger partial charge in [-0.2, -0.15) is 0 Å². The minimum Gasteiger partial charge on any atom is -0.337 e. The van der Waals surface area contributed by atoms with Gasteiger partial charge < -0.3 is 4.90 Å². The molecule has 1 aliphatic rings. The van der Waals surface area contributed by atoms with Crippen molar-refractivity contribution in [1.82, 2.24) is 4.90 Å². The van der Waals surface area contributed by atoms with Gasteiger partial charge in [0.25, 0.3) is 11.6 Å². The zero-order chi connectivity index (χ0) is 14.0. The minimum atomic E-state index is -0.466. The Morgan fingerprint density at radius 2 is 2.26 bits per heavy atom. The van der Waals surface area contributed by atoms with Crippen LogP contribution in [0.1, 0.15) is 28.8 Å². The topological polar surface area (TPSA) is 63.5 Å². The van der Waals surface area contributed by atoms with E-state index in [1.54, 1.807) is 24.0 Å². The smallest absolute Gasteiger partial charge is 0.273 e. The van der Waals surface area contributed by atoms with Gasteiger partial charge in [0.2, 0.25) is 0 Å². The molecule has 1 amide bonds. The molecular formula is C13H15ClN2O3. The zero-order valence-electron chi connectivity index (χ0n) is 10.6. The van der Waals surface area contributed by atoms with Crippen molar-refractivity contribution in [2.45, 2.75) is 25.1 Å². The van der Waals surface area contributed by atoms with Crippen molar-refractivity contribution in [1.29, 1.82) is 0 Å². The molecule has 6 heteroatoms. The van der Waals surface area contributed by atoms with Crippen LogP contribution in [0.5, 0.6) is 0 Å². The molecule has 1 fully saturated rings. The van der Waals surface area contributed by atoms with E-state index in [9.17, 15) is 14.9 Å². The molecule has 1 aromatic carbocycles. The molecule has 0 aliphatic carbocycles. The molecule has 0 aromatic heterocycles. The Morgan fingerprint density at radius 1 is 1.53 bits per heavy atom. The van der Waals surface area contributed by atoms with E-state index in [1.807, 2.05) is 0 Å². The number of alkyl halides is 1. The molecule has 0 N–H and O–H groups in total.